The van der Waals surface area contributed by atoms with Crippen molar-refractivity contribution in [2.75, 3.05) is 12.0 Å². The van der Waals surface area contributed by atoms with E-state index in [2.05, 4.69) is 23.2 Å². The predicted molar refractivity (Wildman–Crippen MR) is 71.4 cm³/mol. The van der Waals surface area contributed by atoms with Gasteiger partial charge in [0, 0.05) is 10.6 Å². The summed E-state index contributed by atoms with van der Waals surface area (Å²) >= 11 is 4.77. The summed E-state index contributed by atoms with van der Waals surface area (Å²) in [4.78, 5) is 1.05. The maximum atomic E-state index is 5.91. The zero-order valence-corrected chi connectivity index (χ0v) is 11.4. The Morgan fingerprint density at radius 1 is 1.25 bits per heavy atom. The molecule has 16 heavy (non-hydrogen) atoms. The first kappa shape index (κ1) is 11.8. The smallest absolute Gasteiger partial charge is 0.179 e. The van der Waals surface area contributed by atoms with Gasteiger partial charge in [-0.25, -0.2) is 0 Å². The Balaban J connectivity index is 2.22. The minimum absolute atomic E-state index is 0.788. The van der Waals surface area contributed by atoms with Crippen LogP contribution in [0, 0.1) is 6.92 Å². The normalized spacial score (nSPS) is 10.6. The Morgan fingerprint density at radius 2 is 2.00 bits per heavy atom. The van der Waals surface area contributed by atoms with Crippen LogP contribution in [0.25, 0.3) is 0 Å². The van der Waals surface area contributed by atoms with Crippen molar-refractivity contribution in [3.63, 3.8) is 0 Å². The molecule has 3 nitrogen and oxygen atoms in total. The van der Waals surface area contributed by atoms with Crippen molar-refractivity contribution in [1.29, 1.82) is 0 Å². The minimum atomic E-state index is 0.788. The van der Waals surface area contributed by atoms with Gasteiger partial charge in [-0.05, 0) is 30.9 Å². The van der Waals surface area contributed by atoms with E-state index >= 15 is 0 Å². The minimum Gasteiger partial charge on any atom is -0.398 e. The largest absolute Gasteiger partial charge is 0.398 e. The van der Waals surface area contributed by atoms with Gasteiger partial charge < -0.3 is 5.73 Å². The first-order valence-corrected chi connectivity index (χ1v) is 7.46. The quantitative estimate of drug-likeness (QED) is 0.684. The molecule has 6 heteroatoms. The highest BCUT2D eigenvalue weighted by atomic mass is 32.2. The molecule has 0 saturated heterocycles. The van der Waals surface area contributed by atoms with Crippen molar-refractivity contribution in [1.82, 2.24) is 10.2 Å². The lowest BCUT2D eigenvalue weighted by molar-refractivity contribution is 0.956. The van der Waals surface area contributed by atoms with E-state index in [0.717, 1.165) is 19.3 Å². The number of hydrogen-bond acceptors (Lipinski definition) is 6. The average molecular weight is 269 g/mol. The summed E-state index contributed by atoms with van der Waals surface area (Å²) in [6.45, 7) is 2.05. The summed E-state index contributed by atoms with van der Waals surface area (Å²) in [7, 11) is 0. The highest BCUT2D eigenvalue weighted by Gasteiger charge is 2.07. The van der Waals surface area contributed by atoms with Crippen LogP contribution in [-0.2, 0) is 0 Å². The molecular weight excluding hydrogens is 258 g/mol. The van der Waals surface area contributed by atoms with Crippen LogP contribution in [0.3, 0.4) is 0 Å². The number of nitrogens with zero attached hydrogens (tertiary/aromatic N) is 2. The molecule has 2 rings (SSSR count). The molecule has 0 radical (unpaired) electrons. The summed E-state index contributed by atoms with van der Waals surface area (Å²) < 4.78 is 1.91. The fourth-order valence-corrected chi connectivity index (χ4v) is 3.68. The van der Waals surface area contributed by atoms with Crippen LogP contribution < -0.4 is 5.73 Å². The molecule has 0 aliphatic rings. The lowest BCUT2D eigenvalue weighted by Gasteiger charge is -2.03. The summed E-state index contributed by atoms with van der Waals surface area (Å²) in [5.41, 5.74) is 7.90. The molecule has 0 amide bonds. The number of nitrogens with two attached hydrogens (primary N) is 1. The van der Waals surface area contributed by atoms with Gasteiger partial charge in [-0.2, -0.15) is 0 Å². The average Bonchev–Trinajstić information content (AvgIpc) is 2.71. The summed E-state index contributed by atoms with van der Waals surface area (Å²) in [5.74, 6) is 0. The SMILES string of the molecule is CSc1nnc(Sc2cc(C)ccc2N)s1. The Hall–Kier alpha value is -0.720. The maximum Gasteiger partial charge on any atom is 0.179 e. The number of aryl methyl sites for hydroxylation is 1. The van der Waals surface area contributed by atoms with E-state index in [9.17, 15) is 0 Å². The van der Waals surface area contributed by atoms with Crippen molar-refractivity contribution in [3.8, 4) is 0 Å². The highest BCUT2D eigenvalue weighted by molar-refractivity contribution is 8.03. The van der Waals surface area contributed by atoms with E-state index in [1.807, 2.05) is 18.4 Å². The molecule has 1 heterocycles. The molecule has 2 N–H and O–H groups in total. The van der Waals surface area contributed by atoms with Crippen molar-refractivity contribution >= 4 is 40.5 Å². The van der Waals surface area contributed by atoms with Crippen LogP contribution in [0.5, 0.6) is 0 Å². The number of nitrogen functional groups attached to an aromatic ring is 1. The van der Waals surface area contributed by atoms with Gasteiger partial charge in [0.25, 0.3) is 0 Å². The van der Waals surface area contributed by atoms with Crippen LogP contribution in [-0.4, -0.2) is 16.5 Å². The summed E-state index contributed by atoms with van der Waals surface area (Å²) in [5, 5.41) is 8.16. The standard InChI is InChI=1S/C10H11N3S3/c1-6-3-4-7(11)8(5-6)15-10-13-12-9(14-2)16-10/h3-5H,11H2,1-2H3. The fraction of sp³-hybridized carbons (Fsp3) is 0.200. The number of rotatable bonds is 3. The monoisotopic (exact) mass is 269 g/mol. The highest BCUT2D eigenvalue weighted by Crippen LogP contribution is 2.35. The maximum absolute atomic E-state index is 5.91. The molecule has 0 aliphatic heterocycles. The number of hydrogen-bond donors (Lipinski definition) is 1. The Morgan fingerprint density at radius 3 is 2.69 bits per heavy atom. The van der Waals surface area contributed by atoms with E-state index < -0.39 is 0 Å². The van der Waals surface area contributed by atoms with Crippen molar-refractivity contribution in [3.05, 3.63) is 23.8 Å². The zero-order chi connectivity index (χ0) is 11.5. The number of anilines is 1. The topological polar surface area (TPSA) is 51.8 Å². The van der Waals surface area contributed by atoms with E-state index in [0.29, 0.717) is 0 Å². The van der Waals surface area contributed by atoms with Gasteiger partial charge in [0.2, 0.25) is 0 Å². The lowest BCUT2D eigenvalue weighted by Crippen LogP contribution is -1.88. The third-order valence-electron chi connectivity index (χ3n) is 1.93. The molecule has 0 saturated carbocycles. The molecule has 84 valence electrons. The van der Waals surface area contributed by atoms with Crippen LogP contribution in [0.2, 0.25) is 0 Å². The molecule has 0 bridgehead atoms. The molecule has 0 atom stereocenters. The molecule has 2 aromatic rings. The lowest BCUT2D eigenvalue weighted by atomic mass is 10.2. The number of aromatic nitrogens is 2. The summed E-state index contributed by atoms with van der Waals surface area (Å²) in [6.07, 6.45) is 2.00. The van der Waals surface area contributed by atoms with Gasteiger partial charge in [-0.1, -0.05) is 40.9 Å². The van der Waals surface area contributed by atoms with Gasteiger partial charge in [-0.15, -0.1) is 10.2 Å². The molecule has 0 unspecified atom stereocenters. The Kier molecular flexibility index (Phi) is 3.73. The second-order valence-electron chi connectivity index (χ2n) is 3.18. The predicted octanol–water partition coefficient (Wildman–Crippen LogP) is 3.30. The molecular formula is C10H11N3S3. The first-order chi connectivity index (χ1) is 7.69. The van der Waals surface area contributed by atoms with E-state index in [1.165, 1.54) is 5.56 Å². The third kappa shape index (κ3) is 2.69. The van der Waals surface area contributed by atoms with Gasteiger partial charge >= 0.3 is 0 Å². The van der Waals surface area contributed by atoms with Crippen molar-refractivity contribution in [2.24, 2.45) is 0 Å². The molecule has 0 aliphatic carbocycles. The van der Waals surface area contributed by atoms with Gasteiger partial charge in [0.15, 0.2) is 8.68 Å². The van der Waals surface area contributed by atoms with Crippen LogP contribution in [0.4, 0.5) is 5.69 Å². The van der Waals surface area contributed by atoms with Crippen molar-refractivity contribution < 1.29 is 0 Å². The molecule has 0 fully saturated rings. The molecule has 1 aromatic carbocycles. The van der Waals surface area contributed by atoms with Crippen LogP contribution in [0.1, 0.15) is 5.56 Å². The zero-order valence-electron chi connectivity index (χ0n) is 8.93. The first-order valence-electron chi connectivity index (χ1n) is 4.60. The molecule has 0 spiro atoms. The van der Waals surface area contributed by atoms with Crippen molar-refractivity contribution in [2.45, 2.75) is 20.5 Å². The van der Waals surface area contributed by atoms with Gasteiger partial charge in [0.1, 0.15) is 0 Å². The van der Waals surface area contributed by atoms with Gasteiger partial charge in [0.05, 0.1) is 0 Å². The van der Waals surface area contributed by atoms with E-state index in [-0.39, 0.29) is 0 Å². The number of benzene rings is 1. The van der Waals surface area contributed by atoms with E-state index in [1.54, 1.807) is 34.9 Å². The van der Waals surface area contributed by atoms with Crippen LogP contribution in [0.15, 0.2) is 31.8 Å². The Bertz CT molecular complexity index is 496. The second-order valence-corrected chi connectivity index (χ2v) is 6.50. The second kappa shape index (κ2) is 5.07. The van der Waals surface area contributed by atoms with E-state index in [4.69, 9.17) is 5.73 Å². The summed E-state index contributed by atoms with van der Waals surface area (Å²) in [6, 6.07) is 6.00. The Labute approximate surface area is 107 Å². The van der Waals surface area contributed by atoms with Gasteiger partial charge in [-0.3, -0.25) is 0 Å². The van der Waals surface area contributed by atoms with Crippen LogP contribution >= 0.6 is 34.9 Å². The number of thioether (sulfide) groups is 1. The third-order valence-corrected chi connectivity index (χ3v) is 4.95. The molecule has 1 aromatic heterocycles. The fourth-order valence-electron chi connectivity index (χ4n) is 1.14.